The number of halogens is 1. The van der Waals surface area contributed by atoms with Crippen molar-refractivity contribution >= 4 is 32.8 Å². The van der Waals surface area contributed by atoms with E-state index >= 15 is 0 Å². The lowest BCUT2D eigenvalue weighted by molar-refractivity contribution is -0.0172. The van der Waals surface area contributed by atoms with Crippen molar-refractivity contribution in [1.82, 2.24) is 14.6 Å². The van der Waals surface area contributed by atoms with E-state index in [0.29, 0.717) is 0 Å². The number of fused-ring (bicyclic) bond motifs is 1. The first-order chi connectivity index (χ1) is 13.2. The van der Waals surface area contributed by atoms with E-state index in [4.69, 9.17) is 9.84 Å². The fraction of sp³-hybridized carbons (Fsp3) is 0.263. The number of anilines is 1. The number of ether oxygens (including phenoxy) is 1. The number of nitrogens with zero attached hydrogens (tertiary/aromatic N) is 4. The van der Waals surface area contributed by atoms with Gasteiger partial charge in [-0.2, -0.15) is 11.3 Å². The van der Waals surface area contributed by atoms with Crippen molar-refractivity contribution in [3.05, 3.63) is 58.7 Å². The van der Waals surface area contributed by atoms with E-state index in [-0.39, 0.29) is 18.0 Å². The molecule has 5 nitrogen and oxygen atoms in total. The Morgan fingerprint density at radius 2 is 2.04 bits per heavy atom. The van der Waals surface area contributed by atoms with E-state index in [0.717, 1.165) is 34.4 Å². The zero-order valence-electron chi connectivity index (χ0n) is 14.6. The van der Waals surface area contributed by atoms with Gasteiger partial charge in [0.05, 0.1) is 24.5 Å². The van der Waals surface area contributed by atoms with E-state index in [1.54, 1.807) is 39.3 Å². The van der Waals surface area contributed by atoms with Gasteiger partial charge in [0.25, 0.3) is 0 Å². The molecule has 4 heterocycles. The van der Waals surface area contributed by atoms with Gasteiger partial charge in [0.1, 0.15) is 11.9 Å². The molecule has 0 radical (unpaired) electrons. The molecule has 2 unspecified atom stereocenters. The Balaban J connectivity index is 1.41. The molecule has 138 valence electrons. The van der Waals surface area contributed by atoms with Crippen molar-refractivity contribution in [1.29, 1.82) is 0 Å². The molecule has 1 saturated heterocycles. The van der Waals surface area contributed by atoms with Gasteiger partial charge in [-0.05, 0) is 53.6 Å². The lowest BCUT2D eigenvalue weighted by Gasteiger charge is -2.36. The summed E-state index contributed by atoms with van der Waals surface area (Å²) in [5.74, 6) is -0.248. The molecule has 0 amide bonds. The van der Waals surface area contributed by atoms with E-state index in [2.05, 4.69) is 33.6 Å². The highest BCUT2D eigenvalue weighted by Gasteiger charge is 2.29. The second-order valence-corrected chi connectivity index (χ2v) is 8.36. The van der Waals surface area contributed by atoms with Gasteiger partial charge < -0.3 is 9.64 Å². The average Bonchev–Trinajstić information content (AvgIpc) is 3.38. The molecule has 1 aromatic carbocycles. The number of imidazole rings is 1. The molecule has 1 aliphatic rings. The molecule has 2 atom stereocenters. The van der Waals surface area contributed by atoms with Gasteiger partial charge in [0.2, 0.25) is 10.1 Å². The van der Waals surface area contributed by atoms with E-state index < -0.39 is 0 Å². The van der Waals surface area contributed by atoms with Crippen LogP contribution in [0.2, 0.25) is 0 Å². The SMILES string of the molecule is CC1CN(c2nn3cc(-c4ccc(F)cc4)nc3s2)CC(c2ccsc2)O1. The summed E-state index contributed by atoms with van der Waals surface area (Å²) in [7, 11) is 0. The molecule has 0 bridgehead atoms. The highest BCUT2D eigenvalue weighted by molar-refractivity contribution is 7.20. The van der Waals surface area contributed by atoms with Gasteiger partial charge in [-0.1, -0.05) is 11.3 Å². The minimum Gasteiger partial charge on any atom is -0.367 e. The maximum Gasteiger partial charge on any atom is 0.214 e. The van der Waals surface area contributed by atoms with Crippen molar-refractivity contribution in [2.45, 2.75) is 19.1 Å². The zero-order valence-corrected chi connectivity index (χ0v) is 16.2. The summed E-state index contributed by atoms with van der Waals surface area (Å²) in [6.45, 7) is 3.68. The Hall–Kier alpha value is -2.29. The zero-order chi connectivity index (χ0) is 18.4. The summed E-state index contributed by atoms with van der Waals surface area (Å²) in [5, 5.41) is 9.89. The van der Waals surface area contributed by atoms with Crippen LogP contribution in [0.15, 0.2) is 47.3 Å². The summed E-state index contributed by atoms with van der Waals surface area (Å²) >= 11 is 3.25. The standard InChI is InChI=1S/C19H17FN4OS2/c1-12-8-23(10-17(25-12)14-6-7-26-11-14)19-22-24-9-16(21-18(24)27-19)13-2-4-15(20)5-3-13/h2-7,9,11-12,17H,8,10H2,1H3. The minimum absolute atomic E-state index is 0.0611. The second kappa shape index (κ2) is 6.70. The normalized spacial score (nSPS) is 20.4. The fourth-order valence-corrected chi connectivity index (χ4v) is 4.93. The smallest absolute Gasteiger partial charge is 0.214 e. The average molecular weight is 401 g/mol. The molecule has 0 saturated carbocycles. The van der Waals surface area contributed by atoms with Gasteiger partial charge >= 0.3 is 0 Å². The molecule has 8 heteroatoms. The molecule has 5 rings (SSSR count). The molecule has 3 aromatic heterocycles. The summed E-state index contributed by atoms with van der Waals surface area (Å²) in [4.78, 5) is 7.76. The highest BCUT2D eigenvalue weighted by atomic mass is 32.1. The third kappa shape index (κ3) is 3.24. The maximum atomic E-state index is 13.1. The van der Waals surface area contributed by atoms with E-state index in [9.17, 15) is 4.39 Å². The lowest BCUT2D eigenvalue weighted by atomic mass is 10.1. The van der Waals surface area contributed by atoms with Crippen molar-refractivity contribution in [2.24, 2.45) is 0 Å². The first-order valence-electron chi connectivity index (χ1n) is 8.70. The van der Waals surface area contributed by atoms with Crippen LogP contribution >= 0.6 is 22.7 Å². The molecule has 0 N–H and O–H groups in total. The van der Waals surface area contributed by atoms with Crippen LogP contribution < -0.4 is 4.90 Å². The number of benzene rings is 1. The Labute approximate surface area is 163 Å². The Morgan fingerprint density at radius 1 is 1.19 bits per heavy atom. The largest absolute Gasteiger partial charge is 0.367 e. The second-order valence-electron chi connectivity index (χ2n) is 6.64. The summed E-state index contributed by atoms with van der Waals surface area (Å²) in [6, 6.07) is 8.48. The van der Waals surface area contributed by atoms with Crippen LogP contribution in [-0.2, 0) is 4.74 Å². The van der Waals surface area contributed by atoms with E-state index in [1.807, 2.05) is 6.20 Å². The molecular weight excluding hydrogens is 383 g/mol. The Kier molecular flexibility index (Phi) is 4.18. The molecular formula is C19H17FN4OS2. The van der Waals surface area contributed by atoms with Crippen LogP contribution in [0.3, 0.4) is 0 Å². The number of rotatable bonds is 3. The van der Waals surface area contributed by atoms with Crippen molar-refractivity contribution in [3.63, 3.8) is 0 Å². The Morgan fingerprint density at radius 3 is 2.78 bits per heavy atom. The minimum atomic E-state index is -0.248. The van der Waals surface area contributed by atoms with Crippen molar-refractivity contribution in [3.8, 4) is 11.3 Å². The topological polar surface area (TPSA) is 42.7 Å². The van der Waals surface area contributed by atoms with Gasteiger partial charge in [-0.15, -0.1) is 5.10 Å². The van der Waals surface area contributed by atoms with Gasteiger partial charge in [-0.3, -0.25) is 0 Å². The molecule has 4 aromatic rings. The quantitative estimate of drug-likeness (QED) is 0.503. The molecule has 27 heavy (non-hydrogen) atoms. The monoisotopic (exact) mass is 400 g/mol. The molecule has 1 fully saturated rings. The van der Waals surface area contributed by atoms with Crippen LogP contribution in [0, 0.1) is 5.82 Å². The van der Waals surface area contributed by atoms with Gasteiger partial charge in [0, 0.05) is 12.1 Å². The lowest BCUT2D eigenvalue weighted by Crippen LogP contribution is -2.42. The molecule has 0 aliphatic carbocycles. The van der Waals surface area contributed by atoms with Crippen LogP contribution in [0.25, 0.3) is 16.2 Å². The first kappa shape index (κ1) is 16.9. The fourth-order valence-electron chi connectivity index (χ4n) is 3.33. The number of hydrogen-bond acceptors (Lipinski definition) is 6. The predicted octanol–water partition coefficient (Wildman–Crippen LogP) is 4.62. The van der Waals surface area contributed by atoms with Crippen LogP contribution in [0.1, 0.15) is 18.6 Å². The number of aromatic nitrogens is 3. The number of hydrogen-bond donors (Lipinski definition) is 0. The number of morpholine rings is 1. The van der Waals surface area contributed by atoms with Gasteiger partial charge in [0.15, 0.2) is 0 Å². The third-order valence-corrected chi connectivity index (χ3v) is 6.30. The van der Waals surface area contributed by atoms with Crippen LogP contribution in [-0.4, -0.2) is 33.8 Å². The Bertz CT molecular complexity index is 1030. The summed E-state index contributed by atoms with van der Waals surface area (Å²) in [6.07, 6.45) is 2.09. The maximum absolute atomic E-state index is 13.1. The molecule has 0 spiro atoms. The third-order valence-electron chi connectivity index (χ3n) is 4.62. The highest BCUT2D eigenvalue weighted by Crippen LogP contribution is 2.32. The first-order valence-corrected chi connectivity index (χ1v) is 10.5. The summed E-state index contributed by atoms with van der Waals surface area (Å²) < 4.78 is 21.0. The van der Waals surface area contributed by atoms with Crippen LogP contribution in [0.5, 0.6) is 0 Å². The van der Waals surface area contributed by atoms with Crippen molar-refractivity contribution in [2.75, 3.05) is 18.0 Å². The van der Waals surface area contributed by atoms with Gasteiger partial charge in [-0.25, -0.2) is 13.9 Å². The summed E-state index contributed by atoms with van der Waals surface area (Å²) in [5.41, 5.74) is 2.90. The van der Waals surface area contributed by atoms with Crippen molar-refractivity contribution < 1.29 is 9.13 Å². The number of thiophene rings is 1. The van der Waals surface area contributed by atoms with Crippen LogP contribution in [0.4, 0.5) is 9.52 Å². The molecule has 1 aliphatic heterocycles. The van der Waals surface area contributed by atoms with E-state index in [1.165, 1.54) is 17.7 Å². The predicted molar refractivity (Wildman–Crippen MR) is 106 cm³/mol.